The van der Waals surface area contributed by atoms with Gasteiger partial charge < -0.3 is 0 Å². The molecule has 0 unspecified atom stereocenters. The summed E-state index contributed by atoms with van der Waals surface area (Å²) < 4.78 is 16.2. The number of fused-ring (bicyclic) bond motifs is 1. The predicted molar refractivity (Wildman–Crippen MR) is 95.8 cm³/mol. The molecule has 2 heterocycles. The zero-order valence-corrected chi connectivity index (χ0v) is 14.0. The topological polar surface area (TPSA) is 59.8 Å². The second-order valence-corrected chi connectivity index (χ2v) is 6.55. The third kappa shape index (κ3) is 2.89. The van der Waals surface area contributed by atoms with Crippen LogP contribution >= 0.6 is 11.3 Å². The largest absolute Gasteiger partial charge is 0.298 e. The molecule has 2 aromatic carbocycles. The lowest BCUT2D eigenvalue weighted by Crippen LogP contribution is -2.10. The molecule has 0 saturated carbocycles. The highest BCUT2D eigenvalue weighted by Gasteiger charge is 2.14. The van der Waals surface area contributed by atoms with Gasteiger partial charge in [0.25, 0.3) is 5.91 Å². The minimum absolute atomic E-state index is 0.289. The van der Waals surface area contributed by atoms with E-state index in [9.17, 15) is 9.18 Å². The number of rotatable bonds is 3. The van der Waals surface area contributed by atoms with Crippen molar-refractivity contribution in [2.75, 3.05) is 5.32 Å². The Morgan fingerprint density at radius 2 is 2.04 bits per heavy atom. The van der Waals surface area contributed by atoms with E-state index in [0.717, 1.165) is 15.8 Å². The van der Waals surface area contributed by atoms with Gasteiger partial charge in [0, 0.05) is 6.20 Å². The van der Waals surface area contributed by atoms with Gasteiger partial charge in [-0.3, -0.25) is 10.1 Å². The van der Waals surface area contributed by atoms with Crippen LogP contribution in [0.2, 0.25) is 0 Å². The number of benzene rings is 2. The summed E-state index contributed by atoms with van der Waals surface area (Å²) in [6.45, 7) is 1.98. The number of anilines is 1. The van der Waals surface area contributed by atoms with Crippen molar-refractivity contribution in [3.8, 4) is 5.69 Å². The Morgan fingerprint density at radius 1 is 1.20 bits per heavy atom. The molecule has 0 aliphatic carbocycles. The van der Waals surface area contributed by atoms with Crippen LogP contribution in [0.25, 0.3) is 15.9 Å². The summed E-state index contributed by atoms with van der Waals surface area (Å²) in [5, 5.41) is 7.36. The van der Waals surface area contributed by atoms with Gasteiger partial charge in [-0.2, -0.15) is 5.10 Å². The van der Waals surface area contributed by atoms with Crippen LogP contribution in [-0.2, 0) is 0 Å². The van der Waals surface area contributed by atoms with Gasteiger partial charge >= 0.3 is 0 Å². The SMILES string of the molecule is Cc1cccc2sc(NC(=O)c3cnn(-c4ccccc4F)c3)nc12. The summed E-state index contributed by atoms with van der Waals surface area (Å²) in [6.07, 6.45) is 2.90. The molecule has 0 radical (unpaired) electrons. The Labute approximate surface area is 146 Å². The summed E-state index contributed by atoms with van der Waals surface area (Å²) >= 11 is 1.41. The molecule has 0 bridgehead atoms. The Morgan fingerprint density at radius 3 is 2.84 bits per heavy atom. The van der Waals surface area contributed by atoms with Gasteiger partial charge in [-0.25, -0.2) is 14.1 Å². The quantitative estimate of drug-likeness (QED) is 0.602. The van der Waals surface area contributed by atoms with Gasteiger partial charge in [-0.05, 0) is 30.7 Å². The highest BCUT2D eigenvalue weighted by Crippen LogP contribution is 2.28. The first kappa shape index (κ1) is 15.5. The van der Waals surface area contributed by atoms with E-state index in [-0.39, 0.29) is 11.6 Å². The molecule has 124 valence electrons. The molecule has 25 heavy (non-hydrogen) atoms. The second-order valence-electron chi connectivity index (χ2n) is 5.52. The van der Waals surface area contributed by atoms with Gasteiger partial charge in [-0.1, -0.05) is 35.6 Å². The Balaban J connectivity index is 1.59. The number of nitrogens with zero attached hydrogens (tertiary/aromatic N) is 3. The Hall–Kier alpha value is -3.06. The smallest absolute Gasteiger partial charge is 0.260 e. The van der Waals surface area contributed by atoms with Crippen molar-refractivity contribution in [1.29, 1.82) is 0 Å². The third-order valence-corrected chi connectivity index (χ3v) is 4.72. The molecule has 0 spiro atoms. The maximum absolute atomic E-state index is 13.8. The van der Waals surface area contributed by atoms with Crippen molar-refractivity contribution < 1.29 is 9.18 Å². The van der Waals surface area contributed by atoms with Crippen molar-refractivity contribution in [2.24, 2.45) is 0 Å². The summed E-state index contributed by atoms with van der Waals surface area (Å²) in [5.74, 6) is -0.737. The zero-order chi connectivity index (χ0) is 17.4. The fourth-order valence-electron chi connectivity index (χ4n) is 2.52. The van der Waals surface area contributed by atoms with Crippen LogP contribution < -0.4 is 5.32 Å². The van der Waals surface area contributed by atoms with Gasteiger partial charge in [0.2, 0.25) is 0 Å². The first-order valence-electron chi connectivity index (χ1n) is 7.59. The molecule has 4 rings (SSSR count). The van der Waals surface area contributed by atoms with Crippen LogP contribution in [0.4, 0.5) is 9.52 Å². The third-order valence-electron chi connectivity index (χ3n) is 3.79. The Kier molecular flexibility index (Phi) is 3.77. The van der Waals surface area contributed by atoms with Crippen molar-refractivity contribution in [3.05, 3.63) is 71.8 Å². The van der Waals surface area contributed by atoms with Crippen LogP contribution in [0, 0.1) is 12.7 Å². The molecule has 0 aliphatic rings. The maximum Gasteiger partial charge on any atom is 0.260 e. The summed E-state index contributed by atoms with van der Waals surface area (Å²) in [7, 11) is 0. The van der Waals surface area contributed by atoms with Crippen molar-refractivity contribution in [3.63, 3.8) is 0 Å². The molecule has 0 atom stereocenters. The lowest BCUT2D eigenvalue weighted by molar-refractivity contribution is 0.102. The number of halogens is 1. The van der Waals surface area contributed by atoms with Gasteiger partial charge in [-0.15, -0.1) is 0 Å². The minimum Gasteiger partial charge on any atom is -0.298 e. The number of aromatic nitrogens is 3. The monoisotopic (exact) mass is 352 g/mol. The second kappa shape index (κ2) is 6.10. The van der Waals surface area contributed by atoms with E-state index in [1.165, 1.54) is 34.5 Å². The number of carbonyl (C=O) groups is 1. The number of aryl methyl sites for hydroxylation is 1. The van der Waals surface area contributed by atoms with Gasteiger partial charge in [0.05, 0.1) is 22.0 Å². The fourth-order valence-corrected chi connectivity index (χ4v) is 3.46. The summed E-state index contributed by atoms with van der Waals surface area (Å²) in [4.78, 5) is 16.9. The highest BCUT2D eigenvalue weighted by molar-refractivity contribution is 7.22. The van der Waals surface area contributed by atoms with Crippen LogP contribution in [-0.4, -0.2) is 20.7 Å². The van der Waals surface area contributed by atoms with E-state index in [0.29, 0.717) is 10.7 Å². The fraction of sp³-hybridized carbons (Fsp3) is 0.0556. The van der Waals surface area contributed by atoms with E-state index >= 15 is 0 Å². The molecule has 0 aliphatic heterocycles. The Bertz CT molecular complexity index is 1090. The number of para-hydroxylation sites is 2. The molecular weight excluding hydrogens is 339 g/mol. The molecule has 1 amide bonds. The van der Waals surface area contributed by atoms with E-state index in [1.807, 2.05) is 25.1 Å². The summed E-state index contributed by atoms with van der Waals surface area (Å²) in [5.41, 5.74) is 2.56. The van der Waals surface area contributed by atoms with Crippen LogP contribution in [0.3, 0.4) is 0 Å². The molecule has 5 nitrogen and oxygen atoms in total. The first-order valence-corrected chi connectivity index (χ1v) is 8.40. The van der Waals surface area contributed by atoms with Crippen molar-refractivity contribution in [1.82, 2.24) is 14.8 Å². The predicted octanol–water partition coefficient (Wildman–Crippen LogP) is 4.18. The number of hydrogen-bond acceptors (Lipinski definition) is 4. The maximum atomic E-state index is 13.8. The van der Waals surface area contributed by atoms with Crippen LogP contribution in [0.1, 0.15) is 15.9 Å². The molecular formula is C18H13FN4OS. The molecule has 4 aromatic rings. The number of hydrogen-bond donors (Lipinski definition) is 1. The number of thiazole rings is 1. The lowest BCUT2D eigenvalue weighted by atomic mass is 10.2. The normalized spacial score (nSPS) is 11.0. The van der Waals surface area contributed by atoms with Gasteiger partial charge in [0.1, 0.15) is 11.5 Å². The lowest BCUT2D eigenvalue weighted by Gasteiger charge is -2.01. The molecule has 1 N–H and O–H groups in total. The standard InChI is InChI=1S/C18H13FN4OS/c1-11-5-4-8-15-16(11)21-18(25-15)22-17(24)12-9-20-23(10-12)14-7-3-2-6-13(14)19/h2-10H,1H3,(H,21,22,24). The number of carbonyl (C=O) groups excluding carboxylic acids is 1. The van der Waals surface area contributed by atoms with Crippen LogP contribution in [0.15, 0.2) is 54.9 Å². The minimum atomic E-state index is -0.404. The molecule has 2 aromatic heterocycles. The van der Waals surface area contributed by atoms with Gasteiger partial charge in [0.15, 0.2) is 5.13 Å². The number of amides is 1. The zero-order valence-electron chi connectivity index (χ0n) is 13.2. The summed E-state index contributed by atoms with van der Waals surface area (Å²) in [6, 6.07) is 12.2. The molecule has 0 fully saturated rings. The van der Waals surface area contributed by atoms with Crippen molar-refractivity contribution in [2.45, 2.75) is 6.92 Å². The van der Waals surface area contributed by atoms with Crippen molar-refractivity contribution >= 4 is 32.6 Å². The van der Waals surface area contributed by atoms with E-state index in [2.05, 4.69) is 15.4 Å². The highest BCUT2D eigenvalue weighted by atomic mass is 32.1. The first-order chi connectivity index (χ1) is 12.1. The molecule has 0 saturated heterocycles. The van der Waals surface area contributed by atoms with E-state index in [1.54, 1.807) is 18.2 Å². The van der Waals surface area contributed by atoms with E-state index < -0.39 is 5.82 Å². The van der Waals surface area contributed by atoms with E-state index in [4.69, 9.17) is 0 Å². The molecule has 7 heteroatoms. The number of nitrogens with one attached hydrogen (secondary N) is 1. The van der Waals surface area contributed by atoms with Crippen LogP contribution in [0.5, 0.6) is 0 Å². The average Bonchev–Trinajstić information content (AvgIpc) is 3.23. The average molecular weight is 352 g/mol.